The van der Waals surface area contributed by atoms with Gasteiger partial charge in [-0.05, 0) is 62.8 Å². The van der Waals surface area contributed by atoms with Crippen LogP contribution >= 0.6 is 0 Å². The first-order chi connectivity index (χ1) is 14.6. The van der Waals surface area contributed by atoms with Crippen molar-refractivity contribution in [2.75, 3.05) is 43.4 Å². The number of urea groups is 1. The van der Waals surface area contributed by atoms with Crippen LogP contribution in [-0.2, 0) is 14.3 Å². The summed E-state index contributed by atoms with van der Waals surface area (Å²) in [6.07, 6.45) is 5.03. The standard InChI is InChI=1S/C22H30N4O4/c27-20(16-5-3-13-26(15-16)22(29)25-11-1-2-12-25)23-17-7-9-18(10-8-17)24-21(28)19-6-4-14-30-19/h7-10,16,19H,1-6,11-15H2,(H,23,27)(H,24,28)/t16-,19-/m1/s1. The molecule has 1 aromatic carbocycles. The van der Waals surface area contributed by atoms with Crippen LogP contribution in [0.4, 0.5) is 16.2 Å². The van der Waals surface area contributed by atoms with E-state index < -0.39 is 0 Å². The predicted octanol–water partition coefficient (Wildman–Crippen LogP) is 2.67. The Hall–Kier alpha value is -2.61. The van der Waals surface area contributed by atoms with Gasteiger partial charge >= 0.3 is 6.03 Å². The molecule has 0 bridgehead atoms. The minimum atomic E-state index is -0.373. The molecule has 0 saturated carbocycles. The third-order valence-electron chi connectivity index (χ3n) is 6.08. The van der Waals surface area contributed by atoms with Gasteiger partial charge < -0.3 is 25.2 Å². The van der Waals surface area contributed by atoms with Crippen LogP contribution in [0.5, 0.6) is 0 Å². The average molecular weight is 415 g/mol. The first-order valence-corrected chi connectivity index (χ1v) is 11.0. The fourth-order valence-corrected chi connectivity index (χ4v) is 4.36. The predicted molar refractivity (Wildman–Crippen MR) is 113 cm³/mol. The maximum Gasteiger partial charge on any atom is 0.320 e. The Balaban J connectivity index is 1.28. The number of carbonyl (C=O) groups is 3. The number of piperidine rings is 1. The molecule has 162 valence electrons. The van der Waals surface area contributed by atoms with Gasteiger partial charge in [0.2, 0.25) is 5.91 Å². The lowest BCUT2D eigenvalue weighted by molar-refractivity contribution is -0.124. The van der Waals surface area contributed by atoms with Crippen molar-refractivity contribution in [2.24, 2.45) is 5.92 Å². The molecule has 0 radical (unpaired) electrons. The number of rotatable bonds is 4. The SMILES string of the molecule is O=C(Nc1ccc(NC(=O)[C@H]2CCCO2)cc1)[C@@H]1CCCN(C(=O)N2CCCC2)C1. The molecule has 3 saturated heterocycles. The molecule has 2 N–H and O–H groups in total. The van der Waals surface area contributed by atoms with E-state index in [1.807, 2.05) is 9.80 Å². The fraction of sp³-hybridized carbons (Fsp3) is 0.591. The Morgan fingerprint density at radius 2 is 1.43 bits per heavy atom. The van der Waals surface area contributed by atoms with E-state index in [2.05, 4.69) is 10.6 Å². The topological polar surface area (TPSA) is 91.0 Å². The van der Waals surface area contributed by atoms with Gasteiger partial charge in [0.05, 0.1) is 5.92 Å². The molecule has 3 aliphatic heterocycles. The Morgan fingerprint density at radius 1 is 0.800 bits per heavy atom. The van der Waals surface area contributed by atoms with Gasteiger partial charge in [-0.1, -0.05) is 0 Å². The highest BCUT2D eigenvalue weighted by Gasteiger charge is 2.31. The maximum atomic E-state index is 12.7. The third kappa shape index (κ3) is 4.92. The van der Waals surface area contributed by atoms with Gasteiger partial charge in [-0.15, -0.1) is 0 Å². The van der Waals surface area contributed by atoms with E-state index in [1.54, 1.807) is 24.3 Å². The van der Waals surface area contributed by atoms with Crippen LogP contribution in [0.15, 0.2) is 24.3 Å². The van der Waals surface area contributed by atoms with Crippen molar-refractivity contribution < 1.29 is 19.1 Å². The number of likely N-dealkylation sites (tertiary alicyclic amines) is 2. The van der Waals surface area contributed by atoms with Gasteiger partial charge in [0.15, 0.2) is 0 Å². The molecule has 3 fully saturated rings. The summed E-state index contributed by atoms with van der Waals surface area (Å²) in [5.41, 5.74) is 1.35. The summed E-state index contributed by atoms with van der Waals surface area (Å²) in [6, 6.07) is 7.16. The molecule has 4 rings (SSSR count). The molecule has 0 unspecified atom stereocenters. The zero-order valence-corrected chi connectivity index (χ0v) is 17.3. The Labute approximate surface area is 176 Å². The second-order valence-corrected chi connectivity index (χ2v) is 8.32. The quantitative estimate of drug-likeness (QED) is 0.793. The number of amides is 4. The lowest BCUT2D eigenvalue weighted by Gasteiger charge is -2.34. The van der Waals surface area contributed by atoms with Gasteiger partial charge in [-0.3, -0.25) is 9.59 Å². The van der Waals surface area contributed by atoms with Crippen LogP contribution in [0, 0.1) is 5.92 Å². The molecule has 3 heterocycles. The molecule has 3 aliphatic rings. The maximum absolute atomic E-state index is 12.7. The Kier molecular flexibility index (Phi) is 6.52. The summed E-state index contributed by atoms with van der Waals surface area (Å²) in [7, 11) is 0. The zero-order chi connectivity index (χ0) is 20.9. The minimum absolute atomic E-state index is 0.0648. The lowest BCUT2D eigenvalue weighted by Crippen LogP contribution is -2.48. The molecule has 0 spiro atoms. The van der Waals surface area contributed by atoms with E-state index in [0.29, 0.717) is 24.5 Å². The van der Waals surface area contributed by atoms with Crippen molar-refractivity contribution in [1.29, 1.82) is 0 Å². The smallest absolute Gasteiger partial charge is 0.320 e. The van der Waals surface area contributed by atoms with Crippen molar-refractivity contribution >= 4 is 29.2 Å². The highest BCUT2D eigenvalue weighted by Crippen LogP contribution is 2.22. The van der Waals surface area contributed by atoms with Crippen LogP contribution in [0.1, 0.15) is 38.5 Å². The molecular weight excluding hydrogens is 384 g/mol. The Bertz CT molecular complexity index is 770. The highest BCUT2D eigenvalue weighted by atomic mass is 16.5. The van der Waals surface area contributed by atoms with Gasteiger partial charge in [-0.25, -0.2) is 4.79 Å². The molecule has 1 aromatic rings. The number of carbonyl (C=O) groups excluding carboxylic acids is 3. The average Bonchev–Trinajstić information content (AvgIpc) is 3.49. The summed E-state index contributed by atoms with van der Waals surface area (Å²) in [5.74, 6) is -0.400. The largest absolute Gasteiger partial charge is 0.368 e. The van der Waals surface area contributed by atoms with Crippen molar-refractivity contribution in [3.8, 4) is 0 Å². The van der Waals surface area contributed by atoms with Crippen molar-refractivity contribution in [3.63, 3.8) is 0 Å². The van der Waals surface area contributed by atoms with Crippen LogP contribution < -0.4 is 10.6 Å². The molecule has 2 atom stereocenters. The number of anilines is 2. The van der Waals surface area contributed by atoms with Gasteiger partial charge in [0, 0.05) is 44.2 Å². The van der Waals surface area contributed by atoms with Crippen molar-refractivity contribution in [3.05, 3.63) is 24.3 Å². The normalized spacial score (nSPS) is 24.0. The van der Waals surface area contributed by atoms with E-state index in [9.17, 15) is 14.4 Å². The number of hydrogen-bond donors (Lipinski definition) is 2. The number of ether oxygens (including phenoxy) is 1. The Morgan fingerprint density at radius 3 is 2.07 bits per heavy atom. The van der Waals surface area contributed by atoms with Crippen LogP contribution in [0.2, 0.25) is 0 Å². The molecule has 0 aromatic heterocycles. The van der Waals surface area contributed by atoms with Gasteiger partial charge in [-0.2, -0.15) is 0 Å². The summed E-state index contributed by atoms with van der Waals surface area (Å²) in [6.45, 7) is 3.46. The van der Waals surface area contributed by atoms with Crippen LogP contribution in [0.25, 0.3) is 0 Å². The summed E-state index contributed by atoms with van der Waals surface area (Å²) in [5, 5.41) is 5.80. The minimum Gasteiger partial charge on any atom is -0.368 e. The first kappa shape index (κ1) is 20.7. The van der Waals surface area contributed by atoms with E-state index in [1.165, 1.54) is 0 Å². The lowest BCUT2D eigenvalue weighted by atomic mass is 9.97. The van der Waals surface area contributed by atoms with E-state index in [0.717, 1.165) is 58.2 Å². The molecule has 8 nitrogen and oxygen atoms in total. The monoisotopic (exact) mass is 414 g/mol. The molecule has 4 amide bonds. The van der Waals surface area contributed by atoms with Gasteiger partial charge in [0.25, 0.3) is 5.91 Å². The second-order valence-electron chi connectivity index (χ2n) is 8.32. The van der Waals surface area contributed by atoms with E-state index in [-0.39, 0.29) is 29.9 Å². The first-order valence-electron chi connectivity index (χ1n) is 11.0. The van der Waals surface area contributed by atoms with Crippen molar-refractivity contribution in [2.45, 2.75) is 44.6 Å². The molecule has 30 heavy (non-hydrogen) atoms. The number of nitrogens with one attached hydrogen (secondary N) is 2. The van der Waals surface area contributed by atoms with Crippen molar-refractivity contribution in [1.82, 2.24) is 9.80 Å². The van der Waals surface area contributed by atoms with Crippen LogP contribution in [0.3, 0.4) is 0 Å². The molecule has 8 heteroatoms. The zero-order valence-electron chi connectivity index (χ0n) is 17.3. The van der Waals surface area contributed by atoms with Gasteiger partial charge in [0.1, 0.15) is 6.10 Å². The van der Waals surface area contributed by atoms with Crippen LogP contribution in [-0.4, -0.2) is 66.5 Å². The molecular formula is C22H30N4O4. The fourth-order valence-electron chi connectivity index (χ4n) is 4.36. The number of hydrogen-bond acceptors (Lipinski definition) is 4. The third-order valence-corrected chi connectivity index (χ3v) is 6.08. The summed E-state index contributed by atoms with van der Waals surface area (Å²) >= 11 is 0. The molecule has 0 aliphatic carbocycles. The van der Waals surface area contributed by atoms with E-state index >= 15 is 0 Å². The number of benzene rings is 1. The highest BCUT2D eigenvalue weighted by molar-refractivity contribution is 5.95. The van der Waals surface area contributed by atoms with E-state index in [4.69, 9.17) is 4.74 Å². The summed E-state index contributed by atoms with van der Waals surface area (Å²) in [4.78, 5) is 41.2. The summed E-state index contributed by atoms with van der Waals surface area (Å²) < 4.78 is 5.39. The number of nitrogens with zero attached hydrogens (tertiary/aromatic N) is 2. The second kappa shape index (κ2) is 9.47.